The van der Waals surface area contributed by atoms with E-state index < -0.39 is 0 Å². The Kier molecular flexibility index (Phi) is 4.96. The quantitative estimate of drug-likeness (QED) is 0.681. The highest BCUT2D eigenvalue weighted by Gasteiger charge is 2.30. The highest BCUT2D eigenvalue weighted by molar-refractivity contribution is 6.02. The third-order valence-electron chi connectivity index (χ3n) is 5.81. The maximum atomic E-state index is 13.0. The number of rotatable bonds is 5. The molecule has 2 aliphatic rings. The molecular weight excluding hydrogens is 378 g/mol. The van der Waals surface area contributed by atoms with Crippen LogP contribution in [0, 0.1) is 0 Å². The number of nitrogens with zero attached hydrogens (tertiary/aromatic N) is 4. The van der Waals surface area contributed by atoms with Gasteiger partial charge < -0.3 is 14.6 Å². The van der Waals surface area contributed by atoms with Crippen LogP contribution in [0.5, 0.6) is 0 Å². The number of aliphatic hydroxyl groups excluding tert-OH is 1. The van der Waals surface area contributed by atoms with Gasteiger partial charge in [-0.3, -0.25) is 15.1 Å². The van der Waals surface area contributed by atoms with Crippen LogP contribution in [0.1, 0.15) is 42.2 Å². The smallest absolute Gasteiger partial charge is 0.276 e. The van der Waals surface area contributed by atoms with Crippen LogP contribution in [0.25, 0.3) is 11.3 Å². The van der Waals surface area contributed by atoms with Crippen LogP contribution < -0.4 is 10.2 Å². The molecule has 2 aromatic heterocycles. The van der Waals surface area contributed by atoms with Gasteiger partial charge in [0.05, 0.1) is 18.0 Å². The molecule has 2 fully saturated rings. The molecule has 1 aromatic carbocycles. The number of anilines is 2. The Hall–Kier alpha value is -3.19. The minimum Gasteiger partial charge on any atom is -0.393 e. The van der Waals surface area contributed by atoms with Gasteiger partial charge in [-0.05, 0) is 43.4 Å². The zero-order valence-electron chi connectivity index (χ0n) is 16.7. The lowest BCUT2D eigenvalue weighted by Crippen LogP contribution is -2.35. The fourth-order valence-corrected chi connectivity index (χ4v) is 4.01. The monoisotopic (exact) mass is 403 g/mol. The molecule has 1 aliphatic heterocycles. The number of aliphatic hydroxyl groups is 1. The summed E-state index contributed by atoms with van der Waals surface area (Å²) < 4.78 is 2.13. The van der Waals surface area contributed by atoms with Crippen LogP contribution in [0.4, 0.5) is 11.6 Å². The lowest BCUT2D eigenvalue weighted by molar-refractivity contribution is 0.102. The van der Waals surface area contributed by atoms with Gasteiger partial charge in [-0.1, -0.05) is 30.3 Å². The summed E-state index contributed by atoms with van der Waals surface area (Å²) in [5.41, 5.74) is 3.43. The Balaban J connectivity index is 1.37. The largest absolute Gasteiger partial charge is 0.393 e. The summed E-state index contributed by atoms with van der Waals surface area (Å²) in [7, 11) is 0. The highest BCUT2D eigenvalue weighted by atomic mass is 16.3. The van der Waals surface area contributed by atoms with Crippen molar-refractivity contribution in [1.82, 2.24) is 14.5 Å². The van der Waals surface area contributed by atoms with E-state index in [0.717, 1.165) is 55.7 Å². The number of piperidine rings is 1. The molecule has 1 saturated heterocycles. The minimum atomic E-state index is -0.263. The van der Waals surface area contributed by atoms with Crippen molar-refractivity contribution in [3.8, 4) is 11.3 Å². The molecule has 1 amide bonds. The molecular formula is C23H25N5O2. The van der Waals surface area contributed by atoms with Crippen LogP contribution >= 0.6 is 0 Å². The average Bonchev–Trinajstić information content (AvgIpc) is 3.54. The molecule has 7 heteroatoms. The zero-order valence-corrected chi connectivity index (χ0v) is 16.7. The Bertz CT molecular complexity index is 1040. The van der Waals surface area contributed by atoms with Crippen molar-refractivity contribution >= 4 is 17.5 Å². The number of carbonyl (C=O) groups is 1. The number of aromatic nitrogens is 3. The van der Waals surface area contributed by atoms with E-state index in [-0.39, 0.29) is 12.0 Å². The lowest BCUT2D eigenvalue weighted by atomic mass is 10.1. The van der Waals surface area contributed by atoms with Crippen molar-refractivity contribution in [3.05, 3.63) is 60.6 Å². The van der Waals surface area contributed by atoms with Gasteiger partial charge in [-0.25, -0.2) is 4.98 Å². The van der Waals surface area contributed by atoms with Gasteiger partial charge in [-0.15, -0.1) is 0 Å². The minimum absolute atomic E-state index is 0.231. The number of pyridine rings is 1. The van der Waals surface area contributed by atoms with Crippen molar-refractivity contribution < 1.29 is 9.90 Å². The predicted molar refractivity (Wildman–Crippen MR) is 116 cm³/mol. The molecule has 0 bridgehead atoms. The summed E-state index contributed by atoms with van der Waals surface area (Å²) in [6.07, 6.45) is 6.92. The molecule has 30 heavy (non-hydrogen) atoms. The van der Waals surface area contributed by atoms with Crippen molar-refractivity contribution in [2.24, 2.45) is 0 Å². The van der Waals surface area contributed by atoms with Crippen LogP contribution in [-0.2, 0) is 0 Å². The van der Waals surface area contributed by atoms with Gasteiger partial charge in [0.2, 0.25) is 5.95 Å². The maximum absolute atomic E-state index is 13.0. The number of nitrogens with one attached hydrogen (secondary N) is 1. The summed E-state index contributed by atoms with van der Waals surface area (Å²) in [5, 5.41) is 12.7. The van der Waals surface area contributed by atoms with Crippen molar-refractivity contribution in [3.63, 3.8) is 0 Å². The van der Waals surface area contributed by atoms with E-state index in [1.165, 1.54) is 0 Å². The summed E-state index contributed by atoms with van der Waals surface area (Å²) in [6.45, 7) is 1.55. The van der Waals surface area contributed by atoms with Crippen LogP contribution in [0.2, 0.25) is 0 Å². The molecule has 7 nitrogen and oxygen atoms in total. The third-order valence-corrected chi connectivity index (χ3v) is 5.81. The van der Waals surface area contributed by atoms with Gasteiger partial charge >= 0.3 is 0 Å². The Morgan fingerprint density at radius 2 is 1.80 bits per heavy atom. The first kappa shape index (κ1) is 18.8. The second-order valence-corrected chi connectivity index (χ2v) is 8.01. The SMILES string of the molecule is O=C(Nc1ncc(-c2ccccc2)n1C1CC1)c1cc(N2CCC(O)CC2)ccn1. The van der Waals surface area contributed by atoms with E-state index >= 15 is 0 Å². The van der Waals surface area contributed by atoms with E-state index in [1.54, 1.807) is 6.20 Å². The van der Waals surface area contributed by atoms with Gasteiger partial charge in [0.25, 0.3) is 5.91 Å². The molecule has 2 N–H and O–H groups in total. The Morgan fingerprint density at radius 3 is 2.53 bits per heavy atom. The van der Waals surface area contributed by atoms with Gasteiger partial charge in [0, 0.05) is 31.0 Å². The average molecular weight is 403 g/mol. The number of hydrogen-bond donors (Lipinski definition) is 2. The molecule has 0 unspecified atom stereocenters. The topological polar surface area (TPSA) is 83.3 Å². The van der Waals surface area contributed by atoms with Gasteiger partial charge in [-0.2, -0.15) is 0 Å². The molecule has 0 atom stereocenters. The van der Waals surface area contributed by atoms with Crippen LogP contribution in [0.3, 0.4) is 0 Å². The number of carbonyl (C=O) groups excluding carboxylic acids is 1. The summed E-state index contributed by atoms with van der Waals surface area (Å²) in [6, 6.07) is 14.2. The first-order valence-corrected chi connectivity index (χ1v) is 10.5. The highest BCUT2D eigenvalue weighted by Crippen LogP contribution is 2.41. The molecule has 0 spiro atoms. The number of amides is 1. The van der Waals surface area contributed by atoms with Crippen molar-refractivity contribution in [2.45, 2.75) is 37.8 Å². The first-order valence-electron chi connectivity index (χ1n) is 10.5. The Labute approximate surface area is 175 Å². The van der Waals surface area contributed by atoms with E-state index in [4.69, 9.17) is 0 Å². The van der Waals surface area contributed by atoms with Crippen LogP contribution in [0.15, 0.2) is 54.9 Å². The molecule has 3 heterocycles. The van der Waals surface area contributed by atoms with E-state index in [0.29, 0.717) is 17.7 Å². The maximum Gasteiger partial charge on any atom is 0.276 e. The molecule has 154 valence electrons. The number of benzene rings is 1. The summed E-state index contributed by atoms with van der Waals surface area (Å²) >= 11 is 0. The molecule has 1 aliphatic carbocycles. The fraction of sp³-hybridized carbons (Fsp3) is 0.348. The molecule has 0 radical (unpaired) electrons. The summed E-state index contributed by atoms with van der Waals surface area (Å²) in [4.78, 5) is 23.9. The number of hydrogen-bond acceptors (Lipinski definition) is 5. The van der Waals surface area contributed by atoms with E-state index in [9.17, 15) is 9.90 Å². The second-order valence-electron chi connectivity index (χ2n) is 8.01. The lowest BCUT2D eigenvalue weighted by Gasteiger charge is -2.31. The predicted octanol–water partition coefficient (Wildman–Crippen LogP) is 3.49. The zero-order chi connectivity index (χ0) is 20.5. The van der Waals surface area contributed by atoms with Crippen molar-refractivity contribution in [1.29, 1.82) is 0 Å². The fourth-order valence-electron chi connectivity index (χ4n) is 4.01. The molecule has 5 rings (SSSR count). The normalized spacial score (nSPS) is 17.2. The van der Waals surface area contributed by atoms with Crippen molar-refractivity contribution in [2.75, 3.05) is 23.3 Å². The number of imidazole rings is 1. The van der Waals surface area contributed by atoms with Crippen LogP contribution in [-0.4, -0.2) is 44.7 Å². The van der Waals surface area contributed by atoms with Gasteiger partial charge in [0.15, 0.2) is 0 Å². The Morgan fingerprint density at radius 1 is 1.03 bits per heavy atom. The second kappa shape index (κ2) is 7.91. The molecule has 3 aromatic rings. The van der Waals surface area contributed by atoms with E-state index in [1.807, 2.05) is 36.5 Å². The molecule has 1 saturated carbocycles. The van der Waals surface area contributed by atoms with Gasteiger partial charge in [0.1, 0.15) is 5.69 Å². The third kappa shape index (κ3) is 3.80. The standard InChI is InChI=1S/C23H25N5O2/c29-19-9-12-27(13-10-19)18-8-11-24-20(14-18)22(30)26-23-25-15-21(28(23)17-6-7-17)16-4-2-1-3-5-16/h1-5,8,11,14-15,17,19,29H,6-7,9-10,12-13H2,(H,25,26,30). The van der Waals surface area contributed by atoms with E-state index in [2.05, 4.69) is 36.9 Å². The summed E-state index contributed by atoms with van der Waals surface area (Å²) in [5.74, 6) is 0.302. The first-order chi connectivity index (χ1) is 14.7.